The van der Waals surface area contributed by atoms with Crippen LogP contribution in [0.3, 0.4) is 0 Å². The summed E-state index contributed by atoms with van der Waals surface area (Å²) in [4.78, 5) is 0. The van der Waals surface area contributed by atoms with E-state index in [1.807, 2.05) is 0 Å². The molecule has 2 aliphatic heterocycles. The van der Waals surface area contributed by atoms with Crippen LogP contribution in [0.2, 0.25) is 0 Å². The first-order valence-corrected chi connectivity index (χ1v) is 8.47. The Morgan fingerprint density at radius 1 is 1.00 bits per heavy atom. The van der Waals surface area contributed by atoms with E-state index in [4.69, 9.17) is 23.7 Å². The molecule has 0 fully saturated rings. The Balaban J connectivity index is 1.49. The first kappa shape index (κ1) is 17.7. The Kier molecular flexibility index (Phi) is 4.43. The van der Waals surface area contributed by atoms with Gasteiger partial charge in [0.15, 0.2) is 23.0 Å². The lowest BCUT2D eigenvalue weighted by molar-refractivity contribution is -0.0384. The van der Waals surface area contributed by atoms with Crippen molar-refractivity contribution in [2.75, 3.05) is 20.7 Å². The summed E-state index contributed by atoms with van der Waals surface area (Å²) in [5.41, 5.74) is 0.569. The summed E-state index contributed by atoms with van der Waals surface area (Å²) >= 11 is 0. The van der Waals surface area contributed by atoms with Crippen LogP contribution in [-0.2, 0) is 12.5 Å². The van der Waals surface area contributed by atoms with E-state index in [1.54, 1.807) is 12.1 Å². The second-order valence-corrected chi connectivity index (χ2v) is 6.31. The lowest BCUT2D eigenvalue weighted by atomic mass is 10.0. The molecule has 0 spiro atoms. The molecule has 2 aromatic carbocycles. The maximum atomic E-state index is 14.9. The Morgan fingerprint density at radius 3 is 2.33 bits per heavy atom. The number of hydrogen-bond acceptors (Lipinski definition) is 6. The monoisotopic (exact) mass is 379 g/mol. The van der Waals surface area contributed by atoms with Gasteiger partial charge < -0.3 is 29.0 Å². The highest BCUT2D eigenvalue weighted by atomic mass is 19.3. The largest absolute Gasteiger partial charge is 0.496 e. The molecule has 0 saturated carbocycles. The van der Waals surface area contributed by atoms with Crippen LogP contribution in [0.5, 0.6) is 28.7 Å². The Hall–Kier alpha value is -2.74. The van der Waals surface area contributed by atoms with Gasteiger partial charge in [0.05, 0.1) is 13.2 Å². The molecule has 0 amide bonds. The third kappa shape index (κ3) is 3.21. The second-order valence-electron chi connectivity index (χ2n) is 6.31. The molecular formula is C19H19F2NO5. The van der Waals surface area contributed by atoms with Crippen molar-refractivity contribution in [3.63, 3.8) is 0 Å². The fourth-order valence-corrected chi connectivity index (χ4v) is 3.04. The maximum absolute atomic E-state index is 14.9. The number of nitrogens with one attached hydrogen (secondary N) is 1. The minimum Gasteiger partial charge on any atom is -0.496 e. The highest BCUT2D eigenvalue weighted by molar-refractivity contribution is 5.52. The first-order valence-electron chi connectivity index (χ1n) is 8.47. The molecule has 27 heavy (non-hydrogen) atoms. The number of ether oxygens (including phenoxy) is 5. The number of hydrogen-bond donors (Lipinski definition) is 1. The van der Waals surface area contributed by atoms with Gasteiger partial charge in [0.1, 0.15) is 5.75 Å². The summed E-state index contributed by atoms with van der Waals surface area (Å²) < 4.78 is 56.1. The molecule has 1 atom stereocenters. The molecule has 144 valence electrons. The summed E-state index contributed by atoms with van der Waals surface area (Å²) in [7, 11) is 1.52. The molecular weight excluding hydrogens is 360 g/mol. The fraction of sp³-hybridized carbons (Fsp3) is 0.368. The van der Waals surface area contributed by atoms with Crippen molar-refractivity contribution in [3.05, 3.63) is 41.5 Å². The van der Waals surface area contributed by atoms with Gasteiger partial charge in [-0.1, -0.05) is 0 Å². The molecule has 1 N–H and O–H groups in total. The van der Waals surface area contributed by atoms with Crippen molar-refractivity contribution in [2.24, 2.45) is 0 Å². The van der Waals surface area contributed by atoms with E-state index in [-0.39, 0.29) is 25.7 Å². The third-order valence-corrected chi connectivity index (χ3v) is 4.68. The molecule has 0 saturated heterocycles. The van der Waals surface area contributed by atoms with Gasteiger partial charge in [0.2, 0.25) is 13.6 Å². The van der Waals surface area contributed by atoms with E-state index in [0.717, 1.165) is 0 Å². The molecule has 1 unspecified atom stereocenters. The van der Waals surface area contributed by atoms with Gasteiger partial charge in [-0.15, -0.1) is 0 Å². The quantitative estimate of drug-likeness (QED) is 0.830. The van der Waals surface area contributed by atoms with E-state index in [0.29, 0.717) is 34.3 Å². The average molecular weight is 379 g/mol. The van der Waals surface area contributed by atoms with Crippen LogP contribution in [0.25, 0.3) is 0 Å². The van der Waals surface area contributed by atoms with Gasteiger partial charge >= 0.3 is 0 Å². The number of alkyl halides is 2. The minimum absolute atomic E-state index is 0.0437. The summed E-state index contributed by atoms with van der Waals surface area (Å²) in [5.74, 6) is -0.607. The van der Waals surface area contributed by atoms with Gasteiger partial charge in [0, 0.05) is 23.7 Å². The number of benzene rings is 2. The number of methoxy groups -OCH3 is 1. The van der Waals surface area contributed by atoms with Crippen LogP contribution in [0.4, 0.5) is 8.78 Å². The Bertz CT molecular complexity index is 858. The molecule has 0 radical (unpaired) electrons. The second kappa shape index (κ2) is 6.77. The van der Waals surface area contributed by atoms with Crippen molar-refractivity contribution in [1.82, 2.24) is 5.32 Å². The molecule has 8 heteroatoms. The lowest BCUT2D eigenvalue weighted by Gasteiger charge is -2.25. The fourth-order valence-electron chi connectivity index (χ4n) is 3.04. The predicted octanol–water partition coefficient (Wildman–Crippen LogP) is 3.42. The number of rotatable bonds is 6. The zero-order valence-corrected chi connectivity index (χ0v) is 14.9. The molecule has 0 aromatic heterocycles. The smallest absolute Gasteiger partial charge is 0.288 e. The zero-order valence-electron chi connectivity index (χ0n) is 14.9. The van der Waals surface area contributed by atoms with Crippen LogP contribution in [0.15, 0.2) is 30.3 Å². The first-order chi connectivity index (χ1) is 13.0. The van der Waals surface area contributed by atoms with Crippen molar-refractivity contribution >= 4 is 0 Å². The minimum atomic E-state index is -3.11. The normalized spacial score (nSPS) is 15.7. The van der Waals surface area contributed by atoms with E-state index in [9.17, 15) is 8.78 Å². The molecule has 2 heterocycles. The molecule has 6 nitrogen and oxygen atoms in total. The standard InChI is InChI=1S/C19H19F2NO5/c1-11(19(20,21)13-3-4-14-17(6-13)26-9-24-14)22-8-12-5-16-18(27-10-25-16)7-15(12)23-2/h3-7,11,22H,8-10H2,1-2H3. The van der Waals surface area contributed by atoms with E-state index in [2.05, 4.69) is 5.32 Å². The summed E-state index contributed by atoms with van der Waals surface area (Å²) in [6, 6.07) is 6.47. The van der Waals surface area contributed by atoms with E-state index >= 15 is 0 Å². The van der Waals surface area contributed by atoms with Crippen LogP contribution in [0.1, 0.15) is 18.1 Å². The highest BCUT2D eigenvalue weighted by Crippen LogP contribution is 2.40. The third-order valence-electron chi connectivity index (χ3n) is 4.68. The molecule has 0 aliphatic carbocycles. The van der Waals surface area contributed by atoms with Gasteiger partial charge in [-0.25, -0.2) is 0 Å². The van der Waals surface area contributed by atoms with Gasteiger partial charge in [-0.05, 0) is 31.2 Å². The Labute approximate surface area is 154 Å². The van der Waals surface area contributed by atoms with Crippen LogP contribution in [-0.4, -0.2) is 26.7 Å². The van der Waals surface area contributed by atoms with E-state index < -0.39 is 12.0 Å². The maximum Gasteiger partial charge on any atom is 0.288 e. The highest BCUT2D eigenvalue weighted by Gasteiger charge is 2.39. The molecule has 2 aliphatic rings. The van der Waals surface area contributed by atoms with Crippen molar-refractivity contribution in [2.45, 2.75) is 25.4 Å². The lowest BCUT2D eigenvalue weighted by Crippen LogP contribution is -2.40. The van der Waals surface area contributed by atoms with Gasteiger partial charge in [-0.3, -0.25) is 0 Å². The van der Waals surface area contributed by atoms with Gasteiger partial charge in [-0.2, -0.15) is 8.78 Å². The van der Waals surface area contributed by atoms with Crippen molar-refractivity contribution in [3.8, 4) is 28.7 Å². The Morgan fingerprint density at radius 2 is 1.63 bits per heavy atom. The topological polar surface area (TPSA) is 58.2 Å². The van der Waals surface area contributed by atoms with Crippen LogP contribution >= 0.6 is 0 Å². The molecule has 0 bridgehead atoms. The summed E-state index contributed by atoms with van der Waals surface area (Å²) in [6.45, 7) is 1.79. The van der Waals surface area contributed by atoms with E-state index in [1.165, 1.54) is 32.2 Å². The molecule has 2 aromatic rings. The predicted molar refractivity (Wildman–Crippen MR) is 91.9 cm³/mol. The van der Waals surface area contributed by atoms with Crippen molar-refractivity contribution in [1.29, 1.82) is 0 Å². The van der Waals surface area contributed by atoms with Crippen molar-refractivity contribution < 1.29 is 32.5 Å². The summed E-state index contributed by atoms with van der Waals surface area (Å²) in [6.07, 6.45) is 0. The SMILES string of the molecule is COc1cc2c(cc1CNC(C)C(F)(F)c1ccc3c(c1)OCO3)OCO2. The zero-order chi connectivity index (χ0) is 19.0. The average Bonchev–Trinajstić information content (AvgIpc) is 3.32. The number of fused-ring (bicyclic) bond motifs is 2. The van der Waals surface area contributed by atoms with Crippen LogP contribution in [0, 0.1) is 0 Å². The van der Waals surface area contributed by atoms with Crippen LogP contribution < -0.4 is 29.0 Å². The molecule has 4 rings (SSSR count). The number of halogens is 2. The van der Waals surface area contributed by atoms with Gasteiger partial charge in [0.25, 0.3) is 5.92 Å². The summed E-state index contributed by atoms with van der Waals surface area (Å²) in [5, 5.41) is 2.87.